The molecule has 0 aromatic carbocycles. The van der Waals surface area contributed by atoms with Gasteiger partial charge in [0, 0.05) is 12.1 Å². The topological polar surface area (TPSA) is 29.1 Å². The maximum Gasteiger partial charge on any atom is 0.246 e. The second-order valence-corrected chi connectivity index (χ2v) is 1.94. The van der Waals surface area contributed by atoms with Crippen molar-refractivity contribution in [3.05, 3.63) is 24.3 Å². The SMILES string of the molecule is C=CC=C(C)C(=O)NCC. The zero-order valence-corrected chi connectivity index (χ0v) is 6.48. The molecule has 2 heteroatoms. The Morgan fingerprint density at radius 3 is 2.70 bits per heavy atom. The van der Waals surface area contributed by atoms with Crippen molar-refractivity contribution in [3.8, 4) is 0 Å². The Kier molecular flexibility index (Phi) is 4.29. The maximum atomic E-state index is 10.9. The molecular formula is C8H13NO. The van der Waals surface area contributed by atoms with Gasteiger partial charge < -0.3 is 5.32 Å². The van der Waals surface area contributed by atoms with Crippen molar-refractivity contribution in [3.63, 3.8) is 0 Å². The second-order valence-electron chi connectivity index (χ2n) is 1.94. The Hall–Kier alpha value is -1.05. The summed E-state index contributed by atoms with van der Waals surface area (Å²) in [6, 6.07) is 0. The van der Waals surface area contributed by atoms with Crippen molar-refractivity contribution < 1.29 is 4.79 Å². The number of carbonyl (C=O) groups is 1. The average molecular weight is 139 g/mol. The highest BCUT2D eigenvalue weighted by molar-refractivity contribution is 5.92. The van der Waals surface area contributed by atoms with Crippen LogP contribution in [0.2, 0.25) is 0 Å². The summed E-state index contributed by atoms with van der Waals surface area (Å²) in [6.07, 6.45) is 3.29. The lowest BCUT2D eigenvalue weighted by molar-refractivity contribution is -0.117. The molecule has 0 aromatic heterocycles. The molecule has 0 saturated carbocycles. The third-order valence-corrected chi connectivity index (χ3v) is 1.06. The van der Waals surface area contributed by atoms with Crippen LogP contribution in [-0.2, 0) is 4.79 Å². The Balaban J connectivity index is 3.93. The zero-order valence-electron chi connectivity index (χ0n) is 6.48. The van der Waals surface area contributed by atoms with Gasteiger partial charge in [0.15, 0.2) is 0 Å². The van der Waals surface area contributed by atoms with Gasteiger partial charge in [0.2, 0.25) is 5.91 Å². The minimum atomic E-state index is -0.0256. The van der Waals surface area contributed by atoms with Gasteiger partial charge in [-0.15, -0.1) is 0 Å². The average Bonchev–Trinajstić information content (AvgIpc) is 1.89. The standard InChI is InChI=1S/C8H13NO/c1-4-6-7(3)8(10)9-5-2/h4,6H,1,5H2,2-3H3,(H,9,10). The third kappa shape index (κ3) is 3.07. The van der Waals surface area contributed by atoms with E-state index in [2.05, 4.69) is 11.9 Å². The van der Waals surface area contributed by atoms with Gasteiger partial charge in [0.25, 0.3) is 0 Å². The van der Waals surface area contributed by atoms with Gasteiger partial charge in [-0.05, 0) is 13.8 Å². The molecular weight excluding hydrogens is 126 g/mol. The van der Waals surface area contributed by atoms with E-state index in [1.165, 1.54) is 0 Å². The van der Waals surface area contributed by atoms with Crippen LogP contribution in [0.4, 0.5) is 0 Å². The van der Waals surface area contributed by atoms with Crippen LogP contribution in [0, 0.1) is 0 Å². The fraction of sp³-hybridized carbons (Fsp3) is 0.375. The fourth-order valence-electron chi connectivity index (χ4n) is 0.552. The van der Waals surface area contributed by atoms with Gasteiger partial charge in [0.05, 0.1) is 0 Å². The van der Waals surface area contributed by atoms with E-state index in [1.54, 1.807) is 19.1 Å². The van der Waals surface area contributed by atoms with Gasteiger partial charge in [-0.1, -0.05) is 18.7 Å². The highest BCUT2D eigenvalue weighted by Crippen LogP contribution is 1.90. The third-order valence-electron chi connectivity index (χ3n) is 1.06. The van der Waals surface area contributed by atoms with Crippen LogP contribution in [0.15, 0.2) is 24.3 Å². The number of nitrogens with one attached hydrogen (secondary N) is 1. The van der Waals surface area contributed by atoms with E-state index >= 15 is 0 Å². The zero-order chi connectivity index (χ0) is 7.98. The summed E-state index contributed by atoms with van der Waals surface area (Å²) >= 11 is 0. The molecule has 1 N–H and O–H groups in total. The van der Waals surface area contributed by atoms with Crippen LogP contribution in [0.5, 0.6) is 0 Å². The molecule has 0 spiro atoms. The van der Waals surface area contributed by atoms with E-state index in [1.807, 2.05) is 6.92 Å². The van der Waals surface area contributed by atoms with E-state index in [0.29, 0.717) is 12.1 Å². The van der Waals surface area contributed by atoms with Crippen molar-refractivity contribution >= 4 is 5.91 Å². The van der Waals surface area contributed by atoms with Crippen molar-refractivity contribution in [2.24, 2.45) is 0 Å². The molecule has 0 fully saturated rings. The summed E-state index contributed by atoms with van der Waals surface area (Å²) < 4.78 is 0. The summed E-state index contributed by atoms with van der Waals surface area (Å²) in [4.78, 5) is 10.9. The minimum Gasteiger partial charge on any atom is -0.353 e. The van der Waals surface area contributed by atoms with Crippen LogP contribution < -0.4 is 5.32 Å². The molecule has 0 saturated heterocycles. The molecule has 1 amide bonds. The lowest BCUT2D eigenvalue weighted by atomic mass is 10.2. The number of hydrogen-bond donors (Lipinski definition) is 1. The van der Waals surface area contributed by atoms with Crippen LogP contribution in [0.25, 0.3) is 0 Å². The molecule has 56 valence electrons. The Morgan fingerprint density at radius 1 is 1.70 bits per heavy atom. The van der Waals surface area contributed by atoms with Crippen molar-refractivity contribution in [2.75, 3.05) is 6.54 Å². The van der Waals surface area contributed by atoms with E-state index in [0.717, 1.165) is 0 Å². The summed E-state index contributed by atoms with van der Waals surface area (Å²) in [5.41, 5.74) is 0.692. The van der Waals surface area contributed by atoms with Gasteiger partial charge >= 0.3 is 0 Å². The molecule has 0 heterocycles. The highest BCUT2D eigenvalue weighted by atomic mass is 16.1. The first-order chi connectivity index (χ1) is 4.72. The molecule has 0 atom stereocenters. The molecule has 0 aliphatic rings. The van der Waals surface area contributed by atoms with E-state index in [4.69, 9.17) is 0 Å². The molecule has 0 bridgehead atoms. The molecule has 0 rings (SSSR count). The second kappa shape index (κ2) is 4.79. The lowest BCUT2D eigenvalue weighted by Crippen LogP contribution is -2.23. The molecule has 0 aliphatic heterocycles. The number of rotatable bonds is 3. The van der Waals surface area contributed by atoms with Crippen LogP contribution in [0.3, 0.4) is 0 Å². The predicted octanol–water partition coefficient (Wildman–Crippen LogP) is 1.25. The van der Waals surface area contributed by atoms with Crippen LogP contribution in [0.1, 0.15) is 13.8 Å². The highest BCUT2D eigenvalue weighted by Gasteiger charge is 1.98. The predicted molar refractivity (Wildman–Crippen MR) is 42.6 cm³/mol. The van der Waals surface area contributed by atoms with Crippen LogP contribution >= 0.6 is 0 Å². The normalized spacial score (nSPS) is 10.8. The van der Waals surface area contributed by atoms with Gasteiger partial charge in [-0.2, -0.15) is 0 Å². The van der Waals surface area contributed by atoms with E-state index < -0.39 is 0 Å². The van der Waals surface area contributed by atoms with Gasteiger partial charge in [0.1, 0.15) is 0 Å². The monoisotopic (exact) mass is 139 g/mol. The lowest BCUT2D eigenvalue weighted by Gasteiger charge is -1.99. The van der Waals surface area contributed by atoms with Crippen LogP contribution in [-0.4, -0.2) is 12.5 Å². The van der Waals surface area contributed by atoms with E-state index in [-0.39, 0.29) is 5.91 Å². The fourth-order valence-corrected chi connectivity index (χ4v) is 0.552. The summed E-state index contributed by atoms with van der Waals surface area (Å²) in [5.74, 6) is -0.0256. The minimum absolute atomic E-state index is 0.0256. The Morgan fingerprint density at radius 2 is 2.30 bits per heavy atom. The van der Waals surface area contributed by atoms with Gasteiger partial charge in [-0.25, -0.2) is 0 Å². The summed E-state index contributed by atoms with van der Waals surface area (Å²) in [5, 5.41) is 2.68. The smallest absolute Gasteiger partial charge is 0.246 e. The maximum absolute atomic E-state index is 10.9. The number of amides is 1. The largest absolute Gasteiger partial charge is 0.353 e. The summed E-state index contributed by atoms with van der Waals surface area (Å²) in [7, 11) is 0. The van der Waals surface area contributed by atoms with Gasteiger partial charge in [-0.3, -0.25) is 4.79 Å². The van der Waals surface area contributed by atoms with E-state index in [9.17, 15) is 4.79 Å². The first kappa shape index (κ1) is 8.95. The van der Waals surface area contributed by atoms with Crippen molar-refractivity contribution in [2.45, 2.75) is 13.8 Å². The number of allylic oxidation sites excluding steroid dienone is 2. The first-order valence-corrected chi connectivity index (χ1v) is 3.30. The Labute approximate surface area is 61.6 Å². The Bertz CT molecular complexity index is 159. The number of hydrogen-bond acceptors (Lipinski definition) is 1. The molecule has 10 heavy (non-hydrogen) atoms. The molecule has 0 aromatic rings. The molecule has 0 radical (unpaired) electrons. The van der Waals surface area contributed by atoms with Crippen molar-refractivity contribution in [1.82, 2.24) is 5.32 Å². The number of likely N-dealkylation sites (N-methyl/N-ethyl adjacent to an activating group) is 1. The first-order valence-electron chi connectivity index (χ1n) is 3.30. The summed E-state index contributed by atoms with van der Waals surface area (Å²) in [6.45, 7) is 7.80. The molecule has 0 unspecified atom stereocenters. The van der Waals surface area contributed by atoms with Crippen molar-refractivity contribution in [1.29, 1.82) is 0 Å². The molecule has 0 aliphatic carbocycles. The quantitative estimate of drug-likeness (QED) is 0.463. The molecule has 2 nitrogen and oxygen atoms in total. The number of carbonyl (C=O) groups excluding carboxylic acids is 1.